The smallest absolute Gasteiger partial charge is 0.0750 e. The van der Waals surface area contributed by atoms with Gasteiger partial charge in [0, 0.05) is 30.7 Å². The standard InChI is InChI=1S/C17H23N3/c1-17(2)8-10-20(12-17)15(11-18)14-7-3-5-13-6-4-9-19-16(13)14/h3-7,9,15H,8,10-12,18H2,1-2H3. The lowest BCUT2D eigenvalue weighted by Gasteiger charge is -2.29. The minimum absolute atomic E-state index is 0.273. The number of likely N-dealkylation sites (tertiary alicyclic amines) is 1. The van der Waals surface area contributed by atoms with Gasteiger partial charge in [0.25, 0.3) is 0 Å². The lowest BCUT2D eigenvalue weighted by atomic mass is 9.93. The minimum atomic E-state index is 0.273. The average Bonchev–Trinajstić information content (AvgIpc) is 2.80. The zero-order chi connectivity index (χ0) is 14.2. The quantitative estimate of drug-likeness (QED) is 0.931. The normalized spacial score (nSPS) is 20.4. The van der Waals surface area contributed by atoms with Gasteiger partial charge in [0.15, 0.2) is 0 Å². The molecular weight excluding hydrogens is 246 g/mol. The molecule has 0 spiro atoms. The van der Waals surface area contributed by atoms with Crippen LogP contribution in [-0.2, 0) is 0 Å². The van der Waals surface area contributed by atoms with Crippen LogP contribution in [0.15, 0.2) is 36.5 Å². The molecule has 0 radical (unpaired) electrons. The van der Waals surface area contributed by atoms with Gasteiger partial charge in [-0.25, -0.2) is 0 Å². The van der Waals surface area contributed by atoms with Crippen molar-refractivity contribution in [3.63, 3.8) is 0 Å². The lowest BCUT2D eigenvalue weighted by molar-refractivity contribution is 0.224. The van der Waals surface area contributed by atoms with Crippen LogP contribution in [0.1, 0.15) is 31.9 Å². The first-order chi connectivity index (χ1) is 9.61. The summed E-state index contributed by atoms with van der Waals surface area (Å²) in [5, 5.41) is 1.20. The third-order valence-electron chi connectivity index (χ3n) is 4.39. The molecule has 20 heavy (non-hydrogen) atoms. The number of hydrogen-bond acceptors (Lipinski definition) is 3. The van der Waals surface area contributed by atoms with E-state index >= 15 is 0 Å². The van der Waals surface area contributed by atoms with Gasteiger partial charge in [0.2, 0.25) is 0 Å². The number of fused-ring (bicyclic) bond motifs is 1. The van der Waals surface area contributed by atoms with E-state index in [1.807, 2.05) is 12.3 Å². The van der Waals surface area contributed by atoms with Crippen LogP contribution in [0.2, 0.25) is 0 Å². The predicted octanol–water partition coefficient (Wildman–Crippen LogP) is 2.97. The van der Waals surface area contributed by atoms with Crippen molar-refractivity contribution in [3.8, 4) is 0 Å². The molecule has 1 atom stereocenters. The highest BCUT2D eigenvalue weighted by atomic mass is 15.2. The van der Waals surface area contributed by atoms with Crippen molar-refractivity contribution in [2.24, 2.45) is 11.1 Å². The first-order valence-corrected chi connectivity index (χ1v) is 7.38. The molecule has 2 aromatic rings. The van der Waals surface area contributed by atoms with Crippen molar-refractivity contribution in [3.05, 3.63) is 42.1 Å². The van der Waals surface area contributed by atoms with Crippen LogP contribution >= 0.6 is 0 Å². The van der Waals surface area contributed by atoms with E-state index in [-0.39, 0.29) is 6.04 Å². The van der Waals surface area contributed by atoms with Gasteiger partial charge in [-0.1, -0.05) is 38.1 Å². The molecule has 1 unspecified atom stereocenters. The first kappa shape index (κ1) is 13.5. The Morgan fingerprint density at radius 2 is 2.10 bits per heavy atom. The third-order valence-corrected chi connectivity index (χ3v) is 4.39. The number of hydrogen-bond donors (Lipinski definition) is 1. The summed E-state index contributed by atoms with van der Waals surface area (Å²) in [4.78, 5) is 7.09. The van der Waals surface area contributed by atoms with E-state index in [1.165, 1.54) is 17.4 Å². The zero-order valence-electron chi connectivity index (χ0n) is 12.3. The maximum Gasteiger partial charge on any atom is 0.0750 e. The molecule has 2 N–H and O–H groups in total. The van der Waals surface area contributed by atoms with Crippen molar-refractivity contribution < 1.29 is 0 Å². The fourth-order valence-corrected chi connectivity index (χ4v) is 3.29. The maximum atomic E-state index is 6.09. The van der Waals surface area contributed by atoms with Crippen LogP contribution in [0.3, 0.4) is 0 Å². The topological polar surface area (TPSA) is 42.1 Å². The zero-order valence-corrected chi connectivity index (χ0v) is 12.3. The number of benzene rings is 1. The van der Waals surface area contributed by atoms with Crippen LogP contribution in [-0.4, -0.2) is 29.5 Å². The Morgan fingerprint density at radius 3 is 2.80 bits per heavy atom. The Balaban J connectivity index is 2.00. The van der Waals surface area contributed by atoms with Crippen LogP contribution in [0.25, 0.3) is 10.9 Å². The van der Waals surface area contributed by atoms with Crippen LogP contribution in [0.4, 0.5) is 0 Å². The predicted molar refractivity (Wildman–Crippen MR) is 83.5 cm³/mol. The Hall–Kier alpha value is -1.45. The molecule has 0 amide bonds. The second kappa shape index (κ2) is 5.15. The number of pyridine rings is 1. The Bertz CT molecular complexity index is 601. The monoisotopic (exact) mass is 269 g/mol. The number of para-hydroxylation sites is 1. The van der Waals surface area contributed by atoms with Crippen molar-refractivity contribution in [1.29, 1.82) is 0 Å². The summed E-state index contributed by atoms with van der Waals surface area (Å²) in [6, 6.07) is 10.8. The maximum absolute atomic E-state index is 6.09. The number of nitrogens with two attached hydrogens (primary N) is 1. The van der Waals surface area contributed by atoms with E-state index in [9.17, 15) is 0 Å². The lowest BCUT2D eigenvalue weighted by Crippen LogP contribution is -2.33. The largest absolute Gasteiger partial charge is 0.329 e. The van der Waals surface area contributed by atoms with E-state index in [4.69, 9.17) is 5.73 Å². The molecule has 0 saturated carbocycles. The van der Waals surface area contributed by atoms with Gasteiger partial charge in [-0.05, 0) is 30.0 Å². The van der Waals surface area contributed by atoms with E-state index in [2.05, 4.69) is 48.0 Å². The van der Waals surface area contributed by atoms with E-state index < -0.39 is 0 Å². The Kier molecular flexibility index (Phi) is 3.48. The molecule has 106 valence electrons. The van der Waals surface area contributed by atoms with Gasteiger partial charge in [-0.15, -0.1) is 0 Å². The average molecular weight is 269 g/mol. The fourth-order valence-electron chi connectivity index (χ4n) is 3.29. The molecule has 3 nitrogen and oxygen atoms in total. The minimum Gasteiger partial charge on any atom is -0.329 e. The van der Waals surface area contributed by atoms with Gasteiger partial charge in [0.05, 0.1) is 5.52 Å². The van der Waals surface area contributed by atoms with Crippen molar-refractivity contribution in [1.82, 2.24) is 9.88 Å². The third kappa shape index (κ3) is 2.43. The molecule has 1 aliphatic rings. The van der Waals surface area contributed by atoms with Gasteiger partial charge >= 0.3 is 0 Å². The van der Waals surface area contributed by atoms with E-state index in [0.717, 1.165) is 18.6 Å². The van der Waals surface area contributed by atoms with Crippen molar-refractivity contribution in [2.45, 2.75) is 26.3 Å². The van der Waals surface area contributed by atoms with Gasteiger partial charge in [-0.2, -0.15) is 0 Å². The molecule has 0 aliphatic carbocycles. The van der Waals surface area contributed by atoms with Gasteiger partial charge in [0.1, 0.15) is 0 Å². The molecule has 3 heteroatoms. The summed E-state index contributed by atoms with van der Waals surface area (Å²) in [5.74, 6) is 0. The van der Waals surface area contributed by atoms with E-state index in [0.29, 0.717) is 12.0 Å². The number of nitrogens with zero attached hydrogens (tertiary/aromatic N) is 2. The summed E-state index contributed by atoms with van der Waals surface area (Å²) in [6.07, 6.45) is 3.11. The highest BCUT2D eigenvalue weighted by molar-refractivity contribution is 5.82. The SMILES string of the molecule is CC1(C)CCN(C(CN)c2cccc3cccnc23)C1. The van der Waals surface area contributed by atoms with E-state index in [1.54, 1.807) is 0 Å². The molecular formula is C17H23N3. The second-order valence-electron chi connectivity index (χ2n) is 6.56. The molecule has 2 heterocycles. The molecule has 1 aromatic heterocycles. The van der Waals surface area contributed by atoms with Gasteiger partial charge < -0.3 is 5.73 Å². The number of aromatic nitrogens is 1. The van der Waals surface area contributed by atoms with Crippen LogP contribution in [0.5, 0.6) is 0 Å². The number of rotatable bonds is 3. The molecule has 1 aliphatic heterocycles. The molecule has 1 aromatic carbocycles. The molecule has 1 fully saturated rings. The van der Waals surface area contributed by atoms with Crippen LogP contribution < -0.4 is 5.73 Å². The summed E-state index contributed by atoms with van der Waals surface area (Å²) in [5.41, 5.74) is 8.85. The summed E-state index contributed by atoms with van der Waals surface area (Å²) in [7, 11) is 0. The highest BCUT2D eigenvalue weighted by Gasteiger charge is 2.33. The Labute approximate surface area is 120 Å². The summed E-state index contributed by atoms with van der Waals surface area (Å²) >= 11 is 0. The molecule has 3 rings (SSSR count). The molecule has 0 bridgehead atoms. The highest BCUT2D eigenvalue weighted by Crippen LogP contribution is 2.35. The first-order valence-electron chi connectivity index (χ1n) is 7.38. The van der Waals surface area contributed by atoms with Crippen LogP contribution in [0, 0.1) is 5.41 Å². The summed E-state index contributed by atoms with van der Waals surface area (Å²) < 4.78 is 0. The van der Waals surface area contributed by atoms with Gasteiger partial charge in [-0.3, -0.25) is 9.88 Å². The van der Waals surface area contributed by atoms with Crippen molar-refractivity contribution in [2.75, 3.05) is 19.6 Å². The second-order valence-corrected chi connectivity index (χ2v) is 6.56. The van der Waals surface area contributed by atoms with Crippen molar-refractivity contribution >= 4 is 10.9 Å². The fraction of sp³-hybridized carbons (Fsp3) is 0.471. The summed E-state index contributed by atoms with van der Waals surface area (Å²) in [6.45, 7) is 7.55. The Morgan fingerprint density at radius 1 is 1.30 bits per heavy atom. The molecule has 1 saturated heterocycles.